The number of nitrogens with zero attached hydrogens (tertiary/aromatic N) is 1. The summed E-state index contributed by atoms with van der Waals surface area (Å²) in [7, 11) is 0. The number of halogens is 1. The molecule has 0 saturated heterocycles. The van der Waals surface area contributed by atoms with Crippen molar-refractivity contribution in [2.45, 2.75) is 25.9 Å². The predicted molar refractivity (Wildman–Crippen MR) is 93.9 cm³/mol. The van der Waals surface area contributed by atoms with Gasteiger partial charge in [0.05, 0.1) is 0 Å². The van der Waals surface area contributed by atoms with Crippen molar-refractivity contribution < 1.29 is 4.39 Å². The van der Waals surface area contributed by atoms with E-state index in [0.29, 0.717) is 5.56 Å². The average molecular weight is 326 g/mol. The van der Waals surface area contributed by atoms with Crippen LogP contribution in [0.3, 0.4) is 0 Å². The highest BCUT2D eigenvalue weighted by Crippen LogP contribution is 2.33. The van der Waals surface area contributed by atoms with Crippen LogP contribution in [0, 0.1) is 5.82 Å². The van der Waals surface area contributed by atoms with E-state index in [1.54, 1.807) is 29.8 Å². The molecule has 2 atom stereocenters. The second-order valence-electron chi connectivity index (χ2n) is 5.57. The lowest BCUT2D eigenvalue weighted by molar-refractivity contribution is 0.500. The van der Waals surface area contributed by atoms with Crippen molar-refractivity contribution in [2.24, 2.45) is 0 Å². The van der Waals surface area contributed by atoms with E-state index in [-0.39, 0.29) is 17.9 Å². The van der Waals surface area contributed by atoms with Gasteiger partial charge in [0, 0.05) is 39.8 Å². The van der Waals surface area contributed by atoms with Crippen molar-refractivity contribution >= 4 is 11.3 Å². The van der Waals surface area contributed by atoms with Gasteiger partial charge in [-0.3, -0.25) is 4.98 Å². The van der Waals surface area contributed by atoms with Crippen molar-refractivity contribution in [1.82, 2.24) is 10.3 Å². The van der Waals surface area contributed by atoms with Crippen molar-refractivity contribution in [3.05, 3.63) is 77.2 Å². The van der Waals surface area contributed by atoms with Gasteiger partial charge in [0.15, 0.2) is 0 Å². The molecule has 0 unspecified atom stereocenters. The fourth-order valence-corrected chi connectivity index (χ4v) is 3.64. The van der Waals surface area contributed by atoms with Crippen molar-refractivity contribution in [1.29, 1.82) is 0 Å². The molecule has 0 aliphatic rings. The van der Waals surface area contributed by atoms with E-state index in [1.165, 1.54) is 16.5 Å². The number of hydrogen-bond acceptors (Lipinski definition) is 3. The molecule has 0 amide bonds. The Bertz CT molecular complexity index is 770. The molecule has 3 aromatic rings. The second-order valence-corrected chi connectivity index (χ2v) is 6.69. The van der Waals surface area contributed by atoms with Crippen LogP contribution in [0.25, 0.3) is 10.4 Å². The standard InChI is InChI=1S/C19H19FN2S/c1-13(15-9-11-21-12-10-15)22-14(2)18-7-8-19(23-18)16-5-3-4-6-17(16)20/h3-14,22H,1-2H3/t13-,14+/m0/s1. The predicted octanol–water partition coefficient (Wildman–Crippen LogP) is 5.36. The molecular weight excluding hydrogens is 307 g/mol. The van der Waals surface area contributed by atoms with Crippen LogP contribution in [-0.4, -0.2) is 4.98 Å². The quantitative estimate of drug-likeness (QED) is 0.682. The molecule has 2 aromatic heterocycles. The second kappa shape index (κ2) is 7.02. The van der Waals surface area contributed by atoms with Gasteiger partial charge in [-0.25, -0.2) is 4.39 Å². The third-order valence-electron chi connectivity index (χ3n) is 3.90. The highest BCUT2D eigenvalue weighted by molar-refractivity contribution is 7.15. The summed E-state index contributed by atoms with van der Waals surface area (Å²) in [5.74, 6) is -0.174. The van der Waals surface area contributed by atoms with E-state index in [9.17, 15) is 4.39 Å². The molecule has 1 aromatic carbocycles. The molecule has 23 heavy (non-hydrogen) atoms. The van der Waals surface area contributed by atoms with E-state index in [1.807, 2.05) is 30.3 Å². The molecular formula is C19H19FN2S. The lowest BCUT2D eigenvalue weighted by Gasteiger charge is -2.19. The Kier molecular flexibility index (Phi) is 4.84. The molecule has 0 aliphatic carbocycles. The third-order valence-corrected chi connectivity index (χ3v) is 5.20. The Hall–Kier alpha value is -2.04. The van der Waals surface area contributed by atoms with Gasteiger partial charge in [-0.1, -0.05) is 18.2 Å². The van der Waals surface area contributed by atoms with Gasteiger partial charge in [0.25, 0.3) is 0 Å². The molecule has 0 saturated carbocycles. The Morgan fingerprint density at radius 1 is 0.957 bits per heavy atom. The summed E-state index contributed by atoms with van der Waals surface area (Å²) in [5.41, 5.74) is 1.87. The van der Waals surface area contributed by atoms with Gasteiger partial charge in [0.1, 0.15) is 5.82 Å². The number of rotatable bonds is 5. The van der Waals surface area contributed by atoms with Crippen LogP contribution in [0.5, 0.6) is 0 Å². The zero-order valence-corrected chi connectivity index (χ0v) is 14.0. The molecule has 1 N–H and O–H groups in total. The van der Waals surface area contributed by atoms with Crippen molar-refractivity contribution in [2.75, 3.05) is 0 Å². The molecule has 3 rings (SSSR count). The number of aromatic nitrogens is 1. The van der Waals surface area contributed by atoms with Crippen LogP contribution in [0.15, 0.2) is 60.9 Å². The van der Waals surface area contributed by atoms with E-state index in [0.717, 1.165) is 4.88 Å². The average Bonchev–Trinajstić information content (AvgIpc) is 3.06. The number of hydrogen-bond donors (Lipinski definition) is 1. The lowest BCUT2D eigenvalue weighted by Crippen LogP contribution is -2.21. The maximum Gasteiger partial charge on any atom is 0.131 e. The van der Waals surface area contributed by atoms with E-state index in [2.05, 4.69) is 30.2 Å². The summed E-state index contributed by atoms with van der Waals surface area (Å²) < 4.78 is 13.9. The molecule has 0 radical (unpaired) electrons. The Morgan fingerprint density at radius 2 is 1.70 bits per heavy atom. The molecule has 0 bridgehead atoms. The molecule has 0 aliphatic heterocycles. The Balaban J connectivity index is 1.74. The molecule has 4 heteroatoms. The van der Waals surface area contributed by atoms with Crippen LogP contribution < -0.4 is 5.32 Å². The van der Waals surface area contributed by atoms with Crippen LogP contribution >= 0.6 is 11.3 Å². The summed E-state index contributed by atoms with van der Waals surface area (Å²) >= 11 is 1.63. The highest BCUT2D eigenvalue weighted by Gasteiger charge is 2.14. The van der Waals surface area contributed by atoms with Crippen LogP contribution in [0.2, 0.25) is 0 Å². The SMILES string of the molecule is C[C@H](N[C@H](C)c1ccc(-c2ccccc2F)s1)c1ccncc1. The first-order valence-corrected chi connectivity index (χ1v) is 8.47. The minimum atomic E-state index is -0.174. The number of benzene rings is 1. The topological polar surface area (TPSA) is 24.9 Å². The highest BCUT2D eigenvalue weighted by atomic mass is 32.1. The van der Waals surface area contributed by atoms with E-state index < -0.39 is 0 Å². The van der Waals surface area contributed by atoms with Gasteiger partial charge < -0.3 is 5.32 Å². The van der Waals surface area contributed by atoms with Gasteiger partial charge >= 0.3 is 0 Å². The van der Waals surface area contributed by atoms with Gasteiger partial charge in [0.2, 0.25) is 0 Å². The van der Waals surface area contributed by atoms with Gasteiger partial charge in [-0.15, -0.1) is 11.3 Å². The zero-order valence-electron chi connectivity index (χ0n) is 13.2. The number of pyridine rings is 1. The lowest BCUT2D eigenvalue weighted by atomic mass is 10.1. The van der Waals surface area contributed by atoms with Crippen LogP contribution in [-0.2, 0) is 0 Å². The maximum absolute atomic E-state index is 13.9. The van der Waals surface area contributed by atoms with Gasteiger partial charge in [-0.05, 0) is 49.7 Å². The smallest absolute Gasteiger partial charge is 0.131 e. The summed E-state index contributed by atoms with van der Waals surface area (Å²) in [6, 6.07) is 15.4. The summed E-state index contributed by atoms with van der Waals surface area (Å²) in [6.45, 7) is 4.27. The van der Waals surface area contributed by atoms with Crippen LogP contribution in [0.4, 0.5) is 4.39 Å². The maximum atomic E-state index is 13.9. The first kappa shape index (κ1) is 15.8. The first-order chi connectivity index (χ1) is 11.1. The fraction of sp³-hybridized carbons (Fsp3) is 0.211. The Morgan fingerprint density at radius 3 is 2.43 bits per heavy atom. The van der Waals surface area contributed by atoms with Crippen molar-refractivity contribution in [3.63, 3.8) is 0 Å². The first-order valence-electron chi connectivity index (χ1n) is 7.66. The van der Waals surface area contributed by atoms with E-state index in [4.69, 9.17) is 0 Å². The van der Waals surface area contributed by atoms with Crippen molar-refractivity contribution in [3.8, 4) is 10.4 Å². The number of thiophene rings is 1. The molecule has 2 heterocycles. The molecule has 0 fully saturated rings. The molecule has 0 spiro atoms. The largest absolute Gasteiger partial charge is 0.303 e. The fourth-order valence-electron chi connectivity index (χ4n) is 2.60. The van der Waals surface area contributed by atoms with Gasteiger partial charge in [-0.2, -0.15) is 0 Å². The minimum absolute atomic E-state index is 0.174. The summed E-state index contributed by atoms with van der Waals surface area (Å²) in [4.78, 5) is 6.21. The van der Waals surface area contributed by atoms with E-state index >= 15 is 0 Å². The minimum Gasteiger partial charge on any atom is -0.303 e. The summed E-state index contributed by atoms with van der Waals surface area (Å²) in [6.07, 6.45) is 3.61. The third kappa shape index (κ3) is 3.66. The normalized spacial score (nSPS) is 13.7. The monoisotopic (exact) mass is 326 g/mol. The summed E-state index contributed by atoms with van der Waals surface area (Å²) in [5, 5.41) is 3.58. The van der Waals surface area contributed by atoms with Crippen LogP contribution in [0.1, 0.15) is 36.4 Å². The number of nitrogens with one attached hydrogen (secondary N) is 1. The molecule has 2 nitrogen and oxygen atoms in total. The zero-order chi connectivity index (χ0) is 16.2. The Labute approximate surface area is 140 Å². The molecule has 118 valence electrons.